The van der Waals surface area contributed by atoms with Crippen molar-refractivity contribution in [1.29, 1.82) is 0 Å². The Kier molecular flexibility index (Phi) is 4.93. The van der Waals surface area contributed by atoms with Crippen LogP contribution in [0.25, 0.3) is 0 Å². The zero-order chi connectivity index (χ0) is 13.7. The van der Waals surface area contributed by atoms with Crippen molar-refractivity contribution in [3.8, 4) is 0 Å². The molecule has 104 valence electrons. The summed E-state index contributed by atoms with van der Waals surface area (Å²) in [6.07, 6.45) is 1.56. The summed E-state index contributed by atoms with van der Waals surface area (Å²) in [6, 6.07) is 9.80. The average molecular weight is 263 g/mol. The highest BCUT2D eigenvalue weighted by Gasteiger charge is 2.29. The minimum Gasteiger partial charge on any atom is -0.480 e. The van der Waals surface area contributed by atoms with Crippen LogP contribution in [0.4, 0.5) is 0 Å². The van der Waals surface area contributed by atoms with E-state index in [0.29, 0.717) is 26.1 Å². The molecule has 1 fully saturated rings. The molecule has 1 N–H and O–H groups in total. The van der Waals surface area contributed by atoms with Gasteiger partial charge in [-0.15, -0.1) is 0 Å². The van der Waals surface area contributed by atoms with E-state index in [1.165, 1.54) is 5.56 Å². The molecule has 4 nitrogen and oxygen atoms in total. The van der Waals surface area contributed by atoms with Crippen molar-refractivity contribution in [2.75, 3.05) is 19.7 Å². The molecule has 1 aromatic rings. The molecule has 0 spiro atoms. The molecule has 2 rings (SSSR count). The number of carboxylic acid groups (broad SMARTS) is 1. The lowest BCUT2D eigenvalue weighted by atomic mass is 10.1. The van der Waals surface area contributed by atoms with Crippen LogP contribution in [0, 0.1) is 0 Å². The van der Waals surface area contributed by atoms with E-state index in [1.807, 2.05) is 30.0 Å². The summed E-state index contributed by atoms with van der Waals surface area (Å²) in [7, 11) is 0. The second-order valence-corrected chi connectivity index (χ2v) is 4.94. The second kappa shape index (κ2) is 6.68. The van der Waals surface area contributed by atoms with Gasteiger partial charge in [-0.25, -0.2) is 0 Å². The zero-order valence-electron chi connectivity index (χ0n) is 11.3. The van der Waals surface area contributed by atoms with Crippen LogP contribution in [-0.4, -0.2) is 47.8 Å². The average Bonchev–Trinajstić information content (AvgIpc) is 2.41. The highest BCUT2D eigenvalue weighted by molar-refractivity contribution is 5.73. The van der Waals surface area contributed by atoms with E-state index in [0.717, 1.165) is 6.42 Å². The van der Waals surface area contributed by atoms with Gasteiger partial charge in [0.1, 0.15) is 6.04 Å². The minimum atomic E-state index is -0.733. The smallest absolute Gasteiger partial charge is 0.320 e. The van der Waals surface area contributed by atoms with E-state index in [2.05, 4.69) is 12.1 Å². The number of rotatable bonds is 5. The molecule has 0 bridgehead atoms. The van der Waals surface area contributed by atoms with Gasteiger partial charge in [0.05, 0.1) is 12.7 Å². The molecular formula is C15H21NO3. The molecule has 19 heavy (non-hydrogen) atoms. The third-order valence-electron chi connectivity index (χ3n) is 3.59. The number of benzene rings is 1. The molecule has 0 aromatic heterocycles. The van der Waals surface area contributed by atoms with Crippen molar-refractivity contribution in [1.82, 2.24) is 4.90 Å². The van der Waals surface area contributed by atoms with Crippen LogP contribution < -0.4 is 0 Å². The van der Waals surface area contributed by atoms with Crippen LogP contribution in [0.3, 0.4) is 0 Å². The van der Waals surface area contributed by atoms with Gasteiger partial charge in [-0.2, -0.15) is 0 Å². The van der Waals surface area contributed by atoms with E-state index in [-0.39, 0.29) is 12.1 Å². The first-order valence-corrected chi connectivity index (χ1v) is 6.83. The first-order valence-electron chi connectivity index (χ1n) is 6.83. The summed E-state index contributed by atoms with van der Waals surface area (Å²) in [5.41, 5.74) is 1.23. The fraction of sp³-hybridized carbons (Fsp3) is 0.533. The number of morpholine rings is 1. The largest absolute Gasteiger partial charge is 0.480 e. The van der Waals surface area contributed by atoms with E-state index in [9.17, 15) is 9.90 Å². The highest BCUT2D eigenvalue weighted by atomic mass is 16.5. The van der Waals surface area contributed by atoms with Gasteiger partial charge in [-0.1, -0.05) is 37.3 Å². The maximum Gasteiger partial charge on any atom is 0.320 e. The summed E-state index contributed by atoms with van der Waals surface area (Å²) in [6.45, 7) is 3.93. The third kappa shape index (κ3) is 3.78. The van der Waals surface area contributed by atoms with Gasteiger partial charge < -0.3 is 9.84 Å². The van der Waals surface area contributed by atoms with Crippen LogP contribution in [0.15, 0.2) is 30.3 Å². The van der Waals surface area contributed by atoms with Crippen molar-refractivity contribution in [2.24, 2.45) is 0 Å². The van der Waals surface area contributed by atoms with E-state index in [1.54, 1.807) is 0 Å². The molecule has 1 aromatic carbocycles. The molecule has 2 unspecified atom stereocenters. The van der Waals surface area contributed by atoms with E-state index >= 15 is 0 Å². The molecule has 1 aliphatic rings. The number of nitrogens with zero attached hydrogens (tertiary/aromatic N) is 1. The predicted molar refractivity (Wildman–Crippen MR) is 73.2 cm³/mol. The standard InChI is InChI=1S/C15H21NO3/c1-2-14(15(17)18)16-8-9-19-13(11-16)10-12-6-4-3-5-7-12/h3-7,13-14H,2,8-11H2,1H3,(H,17,18). The SMILES string of the molecule is CCC(C(=O)O)N1CCOC(Cc2ccccc2)C1. The lowest BCUT2D eigenvalue weighted by Gasteiger charge is -2.36. The number of ether oxygens (including phenoxy) is 1. The molecule has 0 radical (unpaired) electrons. The van der Waals surface area contributed by atoms with Crippen LogP contribution in [0.2, 0.25) is 0 Å². The Morgan fingerprint density at radius 2 is 2.21 bits per heavy atom. The van der Waals surface area contributed by atoms with E-state index in [4.69, 9.17) is 4.74 Å². The second-order valence-electron chi connectivity index (χ2n) is 4.94. The van der Waals surface area contributed by atoms with Crippen molar-refractivity contribution < 1.29 is 14.6 Å². The Morgan fingerprint density at radius 1 is 1.47 bits per heavy atom. The maximum absolute atomic E-state index is 11.2. The summed E-state index contributed by atoms with van der Waals surface area (Å²) in [5, 5.41) is 9.22. The number of hydrogen-bond donors (Lipinski definition) is 1. The fourth-order valence-electron chi connectivity index (χ4n) is 2.61. The molecule has 0 amide bonds. The maximum atomic E-state index is 11.2. The molecular weight excluding hydrogens is 242 g/mol. The Bertz CT molecular complexity index is 407. The molecule has 0 saturated carbocycles. The van der Waals surface area contributed by atoms with Crippen LogP contribution in [0.1, 0.15) is 18.9 Å². The van der Waals surface area contributed by atoms with Crippen molar-refractivity contribution >= 4 is 5.97 Å². The highest BCUT2D eigenvalue weighted by Crippen LogP contribution is 2.15. The quantitative estimate of drug-likeness (QED) is 0.880. The lowest BCUT2D eigenvalue weighted by molar-refractivity contribution is -0.146. The third-order valence-corrected chi connectivity index (χ3v) is 3.59. The van der Waals surface area contributed by atoms with Gasteiger partial charge in [-0.05, 0) is 18.4 Å². The molecule has 1 saturated heterocycles. The normalized spacial score (nSPS) is 22.1. The van der Waals surface area contributed by atoms with Crippen LogP contribution in [-0.2, 0) is 16.0 Å². The molecule has 4 heteroatoms. The Hall–Kier alpha value is -1.39. The Morgan fingerprint density at radius 3 is 2.84 bits per heavy atom. The first kappa shape index (κ1) is 14.0. The van der Waals surface area contributed by atoms with Crippen molar-refractivity contribution in [2.45, 2.75) is 31.9 Å². The van der Waals surface area contributed by atoms with Crippen molar-refractivity contribution in [3.63, 3.8) is 0 Å². The summed E-state index contributed by atoms with van der Waals surface area (Å²) in [4.78, 5) is 13.2. The Labute approximate surface area is 114 Å². The number of hydrogen-bond acceptors (Lipinski definition) is 3. The van der Waals surface area contributed by atoms with Crippen LogP contribution >= 0.6 is 0 Å². The molecule has 0 aliphatic carbocycles. The van der Waals surface area contributed by atoms with Gasteiger partial charge in [0, 0.05) is 13.1 Å². The first-order chi connectivity index (χ1) is 9.20. The molecule has 1 aliphatic heterocycles. The molecule has 1 heterocycles. The summed E-state index contributed by atoms with van der Waals surface area (Å²) in [5.74, 6) is -0.733. The van der Waals surface area contributed by atoms with Crippen LogP contribution in [0.5, 0.6) is 0 Å². The van der Waals surface area contributed by atoms with Gasteiger partial charge in [0.15, 0.2) is 0 Å². The fourth-order valence-corrected chi connectivity index (χ4v) is 2.61. The molecule has 2 atom stereocenters. The zero-order valence-corrected chi connectivity index (χ0v) is 11.3. The topological polar surface area (TPSA) is 49.8 Å². The summed E-state index contributed by atoms with van der Waals surface area (Å²) >= 11 is 0. The monoisotopic (exact) mass is 263 g/mol. The number of carboxylic acids is 1. The van der Waals surface area contributed by atoms with Gasteiger partial charge in [0.2, 0.25) is 0 Å². The van der Waals surface area contributed by atoms with Crippen molar-refractivity contribution in [3.05, 3.63) is 35.9 Å². The number of aliphatic carboxylic acids is 1. The van der Waals surface area contributed by atoms with E-state index < -0.39 is 5.97 Å². The summed E-state index contributed by atoms with van der Waals surface area (Å²) < 4.78 is 5.75. The Balaban J connectivity index is 1.95. The number of carbonyl (C=O) groups is 1. The predicted octanol–water partition coefficient (Wildman–Crippen LogP) is 1.79. The van der Waals surface area contributed by atoms with Gasteiger partial charge in [0.25, 0.3) is 0 Å². The lowest BCUT2D eigenvalue weighted by Crippen LogP contribution is -2.50. The van der Waals surface area contributed by atoms with Gasteiger partial charge in [-0.3, -0.25) is 9.69 Å². The minimum absolute atomic E-state index is 0.0875. The van der Waals surface area contributed by atoms with Gasteiger partial charge >= 0.3 is 5.97 Å².